The second-order valence-electron chi connectivity index (χ2n) is 4.99. The molecule has 19 heavy (non-hydrogen) atoms. The standard InChI is InChI=1S/C17H19NS/c1-2-6-14(7-3-1)10-11-18-12-15-13-19-17-9-5-4-8-16(15)17/h1-9,15,18H,10-13H2. The summed E-state index contributed by atoms with van der Waals surface area (Å²) in [7, 11) is 0. The van der Waals surface area contributed by atoms with Crippen molar-refractivity contribution >= 4 is 11.8 Å². The second-order valence-corrected chi connectivity index (χ2v) is 6.05. The third kappa shape index (κ3) is 3.20. The minimum Gasteiger partial charge on any atom is -0.316 e. The Balaban J connectivity index is 1.47. The van der Waals surface area contributed by atoms with Crippen LogP contribution in [0.3, 0.4) is 0 Å². The van der Waals surface area contributed by atoms with Gasteiger partial charge in [-0.15, -0.1) is 11.8 Å². The Morgan fingerprint density at radius 1 is 1.00 bits per heavy atom. The molecule has 0 spiro atoms. The largest absolute Gasteiger partial charge is 0.316 e. The number of thioether (sulfide) groups is 1. The predicted molar refractivity (Wildman–Crippen MR) is 82.9 cm³/mol. The van der Waals surface area contributed by atoms with E-state index in [4.69, 9.17) is 0 Å². The van der Waals surface area contributed by atoms with Crippen molar-refractivity contribution in [2.75, 3.05) is 18.8 Å². The normalized spacial score (nSPS) is 17.4. The first-order chi connectivity index (χ1) is 9.43. The van der Waals surface area contributed by atoms with Crippen molar-refractivity contribution in [3.8, 4) is 0 Å². The van der Waals surface area contributed by atoms with E-state index in [1.807, 2.05) is 11.8 Å². The van der Waals surface area contributed by atoms with Gasteiger partial charge in [-0.3, -0.25) is 0 Å². The number of hydrogen-bond donors (Lipinski definition) is 1. The summed E-state index contributed by atoms with van der Waals surface area (Å²) in [6.45, 7) is 2.16. The summed E-state index contributed by atoms with van der Waals surface area (Å²) < 4.78 is 0. The molecule has 0 bridgehead atoms. The van der Waals surface area contributed by atoms with Gasteiger partial charge in [-0.2, -0.15) is 0 Å². The Hall–Kier alpha value is -1.25. The molecule has 0 aliphatic carbocycles. The average Bonchev–Trinajstić information content (AvgIpc) is 2.88. The van der Waals surface area contributed by atoms with Gasteiger partial charge >= 0.3 is 0 Å². The summed E-state index contributed by atoms with van der Waals surface area (Å²) in [6.07, 6.45) is 1.11. The summed E-state index contributed by atoms with van der Waals surface area (Å²) in [5.74, 6) is 1.90. The topological polar surface area (TPSA) is 12.0 Å². The van der Waals surface area contributed by atoms with Crippen LogP contribution < -0.4 is 5.32 Å². The number of nitrogens with one attached hydrogen (secondary N) is 1. The van der Waals surface area contributed by atoms with Gasteiger partial charge in [0, 0.05) is 23.1 Å². The Morgan fingerprint density at radius 2 is 1.79 bits per heavy atom. The molecule has 1 unspecified atom stereocenters. The number of benzene rings is 2. The van der Waals surface area contributed by atoms with E-state index < -0.39 is 0 Å². The molecule has 0 amide bonds. The van der Waals surface area contributed by atoms with Crippen molar-refractivity contribution in [2.45, 2.75) is 17.2 Å². The molecule has 1 heterocycles. The van der Waals surface area contributed by atoms with E-state index >= 15 is 0 Å². The van der Waals surface area contributed by atoms with E-state index in [0.717, 1.165) is 19.5 Å². The maximum atomic E-state index is 3.60. The van der Waals surface area contributed by atoms with Crippen LogP contribution in [0.25, 0.3) is 0 Å². The molecular formula is C17H19NS. The zero-order chi connectivity index (χ0) is 12.9. The van der Waals surface area contributed by atoms with Crippen molar-refractivity contribution in [2.24, 2.45) is 0 Å². The van der Waals surface area contributed by atoms with E-state index in [9.17, 15) is 0 Å². The minimum atomic E-state index is 0.678. The second kappa shape index (κ2) is 6.27. The van der Waals surface area contributed by atoms with Crippen LogP contribution in [-0.4, -0.2) is 18.8 Å². The zero-order valence-corrected chi connectivity index (χ0v) is 11.8. The first-order valence-electron chi connectivity index (χ1n) is 6.90. The molecule has 2 aromatic rings. The first kappa shape index (κ1) is 12.8. The summed E-state index contributed by atoms with van der Waals surface area (Å²) >= 11 is 1.99. The molecule has 1 aliphatic rings. The molecule has 3 rings (SSSR count). The fourth-order valence-corrected chi connectivity index (χ4v) is 3.81. The lowest BCUT2D eigenvalue weighted by molar-refractivity contribution is 0.621. The molecule has 0 radical (unpaired) electrons. The van der Waals surface area contributed by atoms with E-state index in [1.54, 1.807) is 0 Å². The van der Waals surface area contributed by atoms with Crippen molar-refractivity contribution in [1.29, 1.82) is 0 Å². The summed E-state index contributed by atoms with van der Waals surface area (Å²) in [5.41, 5.74) is 2.94. The maximum Gasteiger partial charge on any atom is 0.0108 e. The molecule has 0 fully saturated rings. The lowest BCUT2D eigenvalue weighted by Crippen LogP contribution is -2.23. The Labute approximate surface area is 119 Å². The van der Waals surface area contributed by atoms with Gasteiger partial charge in [0.2, 0.25) is 0 Å². The highest BCUT2D eigenvalue weighted by Gasteiger charge is 2.21. The molecule has 1 atom stereocenters. The van der Waals surface area contributed by atoms with Crippen LogP contribution in [0.15, 0.2) is 59.5 Å². The summed E-state index contributed by atoms with van der Waals surface area (Å²) in [5, 5.41) is 3.60. The molecule has 0 saturated heterocycles. The highest BCUT2D eigenvalue weighted by Crippen LogP contribution is 2.38. The number of hydrogen-bond acceptors (Lipinski definition) is 2. The van der Waals surface area contributed by atoms with E-state index in [1.165, 1.54) is 21.8 Å². The van der Waals surface area contributed by atoms with Gasteiger partial charge < -0.3 is 5.32 Å². The Morgan fingerprint density at radius 3 is 2.68 bits per heavy atom. The van der Waals surface area contributed by atoms with Gasteiger partial charge in [0.25, 0.3) is 0 Å². The van der Waals surface area contributed by atoms with E-state index in [0.29, 0.717) is 5.92 Å². The first-order valence-corrected chi connectivity index (χ1v) is 7.88. The zero-order valence-electron chi connectivity index (χ0n) is 11.0. The van der Waals surface area contributed by atoms with E-state index in [2.05, 4.69) is 59.9 Å². The van der Waals surface area contributed by atoms with Crippen LogP contribution in [0.1, 0.15) is 17.0 Å². The third-order valence-electron chi connectivity index (χ3n) is 3.62. The molecule has 0 aromatic heterocycles. The van der Waals surface area contributed by atoms with Crippen molar-refractivity contribution in [3.05, 3.63) is 65.7 Å². The fraction of sp³-hybridized carbons (Fsp3) is 0.294. The monoisotopic (exact) mass is 269 g/mol. The van der Waals surface area contributed by atoms with Crippen LogP contribution in [0.5, 0.6) is 0 Å². The summed E-state index contributed by atoms with van der Waals surface area (Å²) in [4.78, 5) is 1.47. The molecule has 1 N–H and O–H groups in total. The quantitative estimate of drug-likeness (QED) is 0.831. The van der Waals surface area contributed by atoms with Gasteiger partial charge in [-0.05, 0) is 30.2 Å². The van der Waals surface area contributed by atoms with Crippen LogP contribution in [-0.2, 0) is 6.42 Å². The Bertz CT molecular complexity index is 524. The van der Waals surface area contributed by atoms with E-state index in [-0.39, 0.29) is 0 Å². The highest BCUT2D eigenvalue weighted by molar-refractivity contribution is 7.99. The average molecular weight is 269 g/mol. The Kier molecular flexibility index (Phi) is 4.21. The van der Waals surface area contributed by atoms with Crippen LogP contribution >= 0.6 is 11.8 Å². The molecule has 98 valence electrons. The molecule has 2 aromatic carbocycles. The SMILES string of the molecule is c1ccc(CCNCC2CSc3ccccc32)cc1. The van der Waals surface area contributed by atoms with Crippen LogP contribution in [0.4, 0.5) is 0 Å². The lowest BCUT2D eigenvalue weighted by Gasteiger charge is -2.12. The maximum absolute atomic E-state index is 3.60. The molecule has 1 aliphatic heterocycles. The van der Waals surface area contributed by atoms with Gasteiger partial charge in [0.15, 0.2) is 0 Å². The lowest BCUT2D eigenvalue weighted by atomic mass is 10.0. The van der Waals surface area contributed by atoms with Gasteiger partial charge in [-0.25, -0.2) is 0 Å². The van der Waals surface area contributed by atoms with Crippen molar-refractivity contribution < 1.29 is 0 Å². The fourth-order valence-electron chi connectivity index (χ4n) is 2.55. The molecule has 0 saturated carbocycles. The minimum absolute atomic E-state index is 0.678. The molecular weight excluding hydrogens is 250 g/mol. The molecule has 1 nitrogen and oxygen atoms in total. The van der Waals surface area contributed by atoms with Crippen LogP contribution in [0, 0.1) is 0 Å². The highest BCUT2D eigenvalue weighted by atomic mass is 32.2. The van der Waals surface area contributed by atoms with Crippen LogP contribution in [0.2, 0.25) is 0 Å². The van der Waals surface area contributed by atoms with Crippen molar-refractivity contribution in [1.82, 2.24) is 5.32 Å². The number of rotatable bonds is 5. The third-order valence-corrected chi connectivity index (χ3v) is 4.87. The van der Waals surface area contributed by atoms with Gasteiger partial charge in [-0.1, -0.05) is 48.5 Å². The van der Waals surface area contributed by atoms with Crippen molar-refractivity contribution in [3.63, 3.8) is 0 Å². The van der Waals surface area contributed by atoms with Gasteiger partial charge in [0.05, 0.1) is 0 Å². The molecule has 2 heteroatoms. The summed E-state index contributed by atoms with van der Waals surface area (Å²) in [6, 6.07) is 19.5. The number of fused-ring (bicyclic) bond motifs is 1. The predicted octanol–water partition coefficient (Wildman–Crippen LogP) is 3.71. The van der Waals surface area contributed by atoms with Gasteiger partial charge in [0.1, 0.15) is 0 Å². The smallest absolute Gasteiger partial charge is 0.0108 e.